The number of hydrogen-bond donors (Lipinski definition) is 2. The summed E-state index contributed by atoms with van der Waals surface area (Å²) < 4.78 is 8.45. The summed E-state index contributed by atoms with van der Waals surface area (Å²) in [7, 11) is 3.33. The lowest BCUT2D eigenvalue weighted by Gasteiger charge is -2.49. The third-order valence-electron chi connectivity index (χ3n) is 4.70. The maximum atomic E-state index is 12.8. The van der Waals surface area contributed by atoms with E-state index in [2.05, 4.69) is 20.8 Å². The highest BCUT2D eigenvalue weighted by atomic mass is 32.2. The Bertz CT molecular complexity index is 997. The van der Waals surface area contributed by atoms with Gasteiger partial charge in [-0.2, -0.15) is 4.57 Å². The fourth-order valence-electron chi connectivity index (χ4n) is 3.26. The summed E-state index contributed by atoms with van der Waals surface area (Å²) in [4.78, 5) is 26.1. The van der Waals surface area contributed by atoms with Crippen molar-refractivity contribution in [2.75, 3.05) is 23.9 Å². The molecule has 1 fully saturated rings. The van der Waals surface area contributed by atoms with Gasteiger partial charge in [0.15, 0.2) is 12.4 Å². The van der Waals surface area contributed by atoms with E-state index >= 15 is 0 Å². The third kappa shape index (κ3) is 4.51. The van der Waals surface area contributed by atoms with Crippen molar-refractivity contribution in [3.8, 4) is 0 Å². The molecular formula is C17H21N7O5S2. The van der Waals surface area contributed by atoms with Crippen LogP contribution >= 0.6 is 23.5 Å². The number of aryl methyl sites for hydroxylation is 1. The second-order valence-electron chi connectivity index (χ2n) is 6.68. The highest BCUT2D eigenvalue weighted by molar-refractivity contribution is 8.01. The summed E-state index contributed by atoms with van der Waals surface area (Å²) in [5.41, 5.74) is 1.54. The number of amides is 1. The second-order valence-corrected chi connectivity index (χ2v) is 8.73. The number of thioether (sulfide) groups is 2. The molecule has 2 aliphatic heterocycles. The number of pyridine rings is 1. The maximum Gasteiger partial charge on any atom is 0.352 e. The Morgan fingerprint density at radius 3 is 2.81 bits per heavy atom. The predicted molar refractivity (Wildman–Crippen MR) is 110 cm³/mol. The Morgan fingerprint density at radius 1 is 1.45 bits per heavy atom. The van der Waals surface area contributed by atoms with Gasteiger partial charge in [-0.15, -0.1) is 16.9 Å². The number of nitrogens with zero attached hydrogens (tertiary/aromatic N) is 6. The van der Waals surface area contributed by atoms with E-state index in [9.17, 15) is 14.7 Å². The van der Waals surface area contributed by atoms with Crippen molar-refractivity contribution in [2.24, 2.45) is 7.05 Å². The van der Waals surface area contributed by atoms with E-state index in [0.29, 0.717) is 29.0 Å². The first kappa shape index (κ1) is 23.0. The van der Waals surface area contributed by atoms with Gasteiger partial charge in [0.25, 0.3) is 12.6 Å². The summed E-state index contributed by atoms with van der Waals surface area (Å²) in [6.07, 6.45) is 3.69. The average molecular weight is 468 g/mol. The lowest BCUT2D eigenvalue weighted by atomic mass is 10.0. The van der Waals surface area contributed by atoms with Crippen molar-refractivity contribution < 1.29 is 29.5 Å². The molecule has 1 saturated heterocycles. The summed E-state index contributed by atoms with van der Waals surface area (Å²) in [5.74, 6) is -0.426. The van der Waals surface area contributed by atoms with Crippen LogP contribution in [0.5, 0.6) is 0 Å². The number of aliphatic carboxylic acids is 1. The Balaban J connectivity index is 0.00000272. The minimum Gasteiger partial charge on any atom is -0.870 e. The number of fused-ring (bicyclic) bond motifs is 1. The minimum atomic E-state index is -1.10. The monoisotopic (exact) mass is 467 g/mol. The van der Waals surface area contributed by atoms with Crippen LogP contribution in [0.2, 0.25) is 0 Å². The van der Waals surface area contributed by atoms with Crippen LogP contribution in [-0.4, -0.2) is 77.6 Å². The molecule has 1 unspecified atom stereocenters. The number of carboxylic acid groups (broad SMARTS) is 1. The number of hydrogen-bond acceptors (Lipinski definition) is 10. The number of tetrazole rings is 1. The zero-order chi connectivity index (χ0) is 21.3. The van der Waals surface area contributed by atoms with E-state index in [1.807, 2.05) is 29.1 Å². The van der Waals surface area contributed by atoms with Crippen LogP contribution in [0.3, 0.4) is 0 Å². The molecule has 1 amide bonds. The molecule has 0 radical (unpaired) electrons. The van der Waals surface area contributed by atoms with Gasteiger partial charge in [-0.1, -0.05) is 11.8 Å². The number of aromatic nitrogens is 5. The molecule has 2 aliphatic rings. The Hall–Kier alpha value is -2.68. The Morgan fingerprint density at radius 2 is 2.19 bits per heavy atom. The van der Waals surface area contributed by atoms with Crippen LogP contribution in [0.4, 0.5) is 5.69 Å². The van der Waals surface area contributed by atoms with E-state index in [0.717, 1.165) is 5.69 Å². The molecule has 0 aromatic carbocycles. The summed E-state index contributed by atoms with van der Waals surface area (Å²) in [5, 5.41) is 24.5. The van der Waals surface area contributed by atoms with E-state index in [-0.39, 0.29) is 22.5 Å². The fraction of sp³-hybridized carbons (Fsp3) is 0.412. The van der Waals surface area contributed by atoms with Crippen LogP contribution in [0.1, 0.15) is 0 Å². The summed E-state index contributed by atoms with van der Waals surface area (Å²) in [6, 6.07) is 3.24. The van der Waals surface area contributed by atoms with Gasteiger partial charge in [0.2, 0.25) is 5.16 Å². The van der Waals surface area contributed by atoms with Gasteiger partial charge >= 0.3 is 5.97 Å². The SMILES string of the molecule is COC[n+]1ccc(N[C@@H]2C(=O)N3C(C(=O)O)=C(CSc4nnnn4C)CSC23)cc1.[OH-]. The van der Waals surface area contributed by atoms with Crippen LogP contribution < -0.4 is 9.88 Å². The number of rotatable bonds is 8. The Labute approximate surface area is 185 Å². The highest BCUT2D eigenvalue weighted by Crippen LogP contribution is 2.42. The standard InChI is InChI=1S/C17H19N7O4S2.H2O/c1-22-17(19-20-21-22)30-8-10-7-29-15-12(14(25)24(15)13(10)16(26)27)18-11-3-5-23(6-4-11)9-28-2;/h3-6,12,15H,7-9H2,1-2H3,(H,26,27);1H2/t12-,15?;/m1./s1. The third-order valence-corrected chi connectivity index (χ3v) is 7.13. The molecule has 4 rings (SSSR count). The zero-order valence-corrected chi connectivity index (χ0v) is 18.3. The normalized spacial score (nSPS) is 20.1. The van der Waals surface area contributed by atoms with Gasteiger partial charge in [-0.05, 0) is 16.0 Å². The molecule has 4 heterocycles. The van der Waals surface area contributed by atoms with Crippen LogP contribution in [-0.2, 0) is 28.1 Å². The van der Waals surface area contributed by atoms with Gasteiger partial charge in [-0.25, -0.2) is 9.48 Å². The highest BCUT2D eigenvalue weighted by Gasteiger charge is 2.53. The number of anilines is 1. The average Bonchev–Trinajstić information content (AvgIpc) is 3.15. The molecule has 166 valence electrons. The van der Waals surface area contributed by atoms with E-state index in [1.54, 1.807) is 25.9 Å². The van der Waals surface area contributed by atoms with Crippen molar-refractivity contribution in [3.05, 3.63) is 35.8 Å². The molecule has 12 nitrogen and oxygen atoms in total. The first-order chi connectivity index (χ1) is 14.5. The number of carbonyl (C=O) groups is 2. The molecule has 0 spiro atoms. The Kier molecular flexibility index (Phi) is 7.15. The van der Waals surface area contributed by atoms with E-state index in [4.69, 9.17) is 4.74 Å². The molecule has 0 saturated carbocycles. The zero-order valence-electron chi connectivity index (χ0n) is 16.7. The van der Waals surface area contributed by atoms with Crippen molar-refractivity contribution in [2.45, 2.75) is 23.3 Å². The fourth-order valence-corrected chi connectivity index (χ4v) is 5.59. The van der Waals surface area contributed by atoms with Gasteiger partial charge in [-0.3, -0.25) is 9.69 Å². The lowest BCUT2D eigenvalue weighted by molar-refractivity contribution is -0.731. The van der Waals surface area contributed by atoms with Crippen molar-refractivity contribution in [3.63, 3.8) is 0 Å². The van der Waals surface area contributed by atoms with Gasteiger partial charge < -0.3 is 20.6 Å². The van der Waals surface area contributed by atoms with Crippen molar-refractivity contribution >= 4 is 41.1 Å². The molecule has 2 atom stereocenters. The number of nitrogens with one attached hydrogen (secondary N) is 1. The second kappa shape index (κ2) is 9.64. The van der Waals surface area contributed by atoms with E-state index < -0.39 is 12.0 Å². The first-order valence-electron chi connectivity index (χ1n) is 8.99. The minimum absolute atomic E-state index is 0. The molecule has 0 aliphatic carbocycles. The lowest BCUT2D eigenvalue weighted by Crippen LogP contribution is -2.67. The van der Waals surface area contributed by atoms with Crippen molar-refractivity contribution in [1.29, 1.82) is 0 Å². The topological polar surface area (TPSA) is 156 Å². The number of carboxylic acids is 1. The van der Waals surface area contributed by atoms with Crippen LogP contribution in [0, 0.1) is 0 Å². The molecule has 3 N–H and O–H groups in total. The number of methoxy groups -OCH3 is 1. The van der Waals surface area contributed by atoms with Crippen LogP contribution in [0.25, 0.3) is 0 Å². The number of β-lactam (4-membered cyclic amide) rings is 1. The summed E-state index contributed by atoms with van der Waals surface area (Å²) in [6.45, 7) is 0.437. The number of ether oxygens (including phenoxy) is 1. The molecule has 31 heavy (non-hydrogen) atoms. The van der Waals surface area contributed by atoms with Gasteiger partial charge in [0, 0.05) is 43.5 Å². The quantitative estimate of drug-likeness (QED) is 0.300. The molecule has 2 aromatic rings. The maximum absolute atomic E-state index is 12.8. The van der Waals surface area contributed by atoms with E-state index in [1.165, 1.54) is 21.3 Å². The van der Waals surface area contributed by atoms with Gasteiger partial charge in [0.05, 0.1) is 0 Å². The summed E-state index contributed by atoms with van der Waals surface area (Å²) >= 11 is 2.90. The van der Waals surface area contributed by atoms with Crippen molar-refractivity contribution in [1.82, 2.24) is 25.1 Å². The first-order valence-corrected chi connectivity index (χ1v) is 11.0. The smallest absolute Gasteiger partial charge is 0.352 e. The molecule has 0 bridgehead atoms. The largest absolute Gasteiger partial charge is 0.870 e. The molecule has 14 heteroatoms. The predicted octanol–water partition coefficient (Wildman–Crippen LogP) is -0.249. The van der Waals surface area contributed by atoms with Crippen LogP contribution in [0.15, 0.2) is 41.0 Å². The molecular weight excluding hydrogens is 446 g/mol. The van der Waals surface area contributed by atoms with Gasteiger partial charge in [0.1, 0.15) is 17.1 Å². The molecule has 2 aromatic heterocycles. The number of carbonyl (C=O) groups excluding carboxylic acids is 1.